The van der Waals surface area contributed by atoms with Crippen molar-refractivity contribution >= 4 is 23.4 Å². The van der Waals surface area contributed by atoms with Crippen molar-refractivity contribution in [2.75, 3.05) is 17.7 Å². The number of nitrogens with one attached hydrogen (secondary N) is 2. The SMILES string of the molecule is COc1ccc(NC(=O)c2ccc(-c3ccccc3)nc2C)cc1NC(=O)OC(C)(C)C. The zero-order valence-corrected chi connectivity index (χ0v) is 18.9. The average Bonchev–Trinajstić information content (AvgIpc) is 2.73. The van der Waals surface area contributed by atoms with Crippen LogP contribution in [-0.4, -0.2) is 29.7 Å². The van der Waals surface area contributed by atoms with E-state index in [-0.39, 0.29) is 5.91 Å². The van der Waals surface area contributed by atoms with E-state index < -0.39 is 11.7 Å². The topological polar surface area (TPSA) is 89.5 Å². The zero-order chi connectivity index (χ0) is 23.3. The van der Waals surface area contributed by atoms with Crippen molar-refractivity contribution in [1.29, 1.82) is 0 Å². The zero-order valence-electron chi connectivity index (χ0n) is 18.9. The minimum atomic E-state index is -0.639. The van der Waals surface area contributed by atoms with Crippen molar-refractivity contribution in [2.45, 2.75) is 33.3 Å². The summed E-state index contributed by atoms with van der Waals surface area (Å²) in [5, 5.41) is 5.50. The molecule has 3 rings (SSSR count). The van der Waals surface area contributed by atoms with Crippen LogP contribution in [0.4, 0.5) is 16.2 Å². The summed E-state index contributed by atoms with van der Waals surface area (Å²) >= 11 is 0. The fourth-order valence-corrected chi connectivity index (χ4v) is 3.07. The van der Waals surface area contributed by atoms with Crippen LogP contribution in [0.2, 0.25) is 0 Å². The summed E-state index contributed by atoms with van der Waals surface area (Å²) in [7, 11) is 1.50. The van der Waals surface area contributed by atoms with Crippen LogP contribution in [0.1, 0.15) is 36.8 Å². The Bertz CT molecular complexity index is 1120. The van der Waals surface area contributed by atoms with E-state index in [2.05, 4.69) is 15.6 Å². The second-order valence-electron chi connectivity index (χ2n) is 8.19. The molecule has 7 heteroatoms. The normalized spacial score (nSPS) is 10.9. The lowest BCUT2D eigenvalue weighted by Crippen LogP contribution is -2.27. The predicted molar refractivity (Wildman–Crippen MR) is 125 cm³/mol. The second-order valence-corrected chi connectivity index (χ2v) is 8.19. The minimum Gasteiger partial charge on any atom is -0.495 e. The summed E-state index contributed by atoms with van der Waals surface area (Å²) < 4.78 is 10.6. The third-order valence-corrected chi connectivity index (χ3v) is 4.49. The molecule has 32 heavy (non-hydrogen) atoms. The van der Waals surface area contributed by atoms with Gasteiger partial charge in [0.2, 0.25) is 0 Å². The number of methoxy groups -OCH3 is 1. The first-order valence-corrected chi connectivity index (χ1v) is 10.2. The highest BCUT2D eigenvalue weighted by molar-refractivity contribution is 6.05. The molecule has 166 valence electrons. The van der Waals surface area contributed by atoms with Gasteiger partial charge in [-0.05, 0) is 58.0 Å². The molecule has 0 aliphatic rings. The second kappa shape index (κ2) is 9.51. The highest BCUT2D eigenvalue weighted by atomic mass is 16.6. The lowest BCUT2D eigenvalue weighted by molar-refractivity contribution is 0.0635. The van der Waals surface area contributed by atoms with Gasteiger partial charge in [-0.2, -0.15) is 0 Å². The first kappa shape index (κ1) is 22.8. The maximum atomic E-state index is 12.9. The van der Waals surface area contributed by atoms with Gasteiger partial charge >= 0.3 is 6.09 Å². The number of carbonyl (C=O) groups is 2. The van der Waals surface area contributed by atoms with E-state index in [0.717, 1.165) is 11.3 Å². The predicted octanol–water partition coefficient (Wildman–Crippen LogP) is 5.66. The fraction of sp³-hybridized carbons (Fsp3) is 0.240. The van der Waals surface area contributed by atoms with Gasteiger partial charge in [-0.3, -0.25) is 15.1 Å². The summed E-state index contributed by atoms with van der Waals surface area (Å²) in [6, 6.07) is 18.3. The van der Waals surface area contributed by atoms with E-state index in [0.29, 0.717) is 28.4 Å². The quantitative estimate of drug-likeness (QED) is 0.541. The van der Waals surface area contributed by atoms with Gasteiger partial charge in [-0.1, -0.05) is 30.3 Å². The Hall–Kier alpha value is -3.87. The van der Waals surface area contributed by atoms with Crippen molar-refractivity contribution in [3.63, 3.8) is 0 Å². The van der Waals surface area contributed by atoms with Crippen LogP contribution in [0.3, 0.4) is 0 Å². The smallest absolute Gasteiger partial charge is 0.412 e. The Morgan fingerprint density at radius 2 is 1.66 bits per heavy atom. The highest BCUT2D eigenvalue weighted by Gasteiger charge is 2.18. The third-order valence-electron chi connectivity index (χ3n) is 4.49. The summed E-state index contributed by atoms with van der Waals surface area (Å²) in [5.74, 6) is 0.141. The van der Waals surface area contributed by atoms with Gasteiger partial charge in [-0.15, -0.1) is 0 Å². The first-order valence-electron chi connectivity index (χ1n) is 10.2. The summed E-state index contributed by atoms with van der Waals surface area (Å²) in [5.41, 5.74) is 3.09. The number of rotatable bonds is 5. The van der Waals surface area contributed by atoms with Crippen molar-refractivity contribution in [1.82, 2.24) is 4.98 Å². The van der Waals surface area contributed by atoms with Gasteiger partial charge in [-0.25, -0.2) is 4.79 Å². The molecule has 7 nitrogen and oxygen atoms in total. The van der Waals surface area contributed by atoms with Gasteiger partial charge < -0.3 is 14.8 Å². The number of aryl methyl sites for hydroxylation is 1. The van der Waals surface area contributed by atoms with E-state index in [1.165, 1.54) is 7.11 Å². The maximum absolute atomic E-state index is 12.9. The lowest BCUT2D eigenvalue weighted by Gasteiger charge is -2.20. The van der Waals surface area contributed by atoms with E-state index in [4.69, 9.17) is 9.47 Å². The molecular formula is C25H27N3O4. The molecule has 2 N–H and O–H groups in total. The van der Waals surface area contributed by atoms with Crippen LogP contribution in [0.25, 0.3) is 11.3 Å². The number of carbonyl (C=O) groups excluding carboxylic acids is 2. The molecule has 0 saturated heterocycles. The Morgan fingerprint density at radius 1 is 0.938 bits per heavy atom. The molecule has 1 aromatic heterocycles. The molecule has 2 aromatic carbocycles. The summed E-state index contributed by atoms with van der Waals surface area (Å²) in [4.78, 5) is 29.6. The van der Waals surface area contributed by atoms with Crippen LogP contribution in [0.15, 0.2) is 60.7 Å². The van der Waals surface area contributed by atoms with E-state index in [1.807, 2.05) is 36.4 Å². The Morgan fingerprint density at radius 3 is 2.28 bits per heavy atom. The van der Waals surface area contributed by atoms with Crippen LogP contribution in [-0.2, 0) is 4.74 Å². The molecule has 0 saturated carbocycles. The minimum absolute atomic E-state index is 0.303. The number of hydrogen-bond donors (Lipinski definition) is 2. The molecule has 1 heterocycles. The van der Waals surface area contributed by atoms with Crippen LogP contribution < -0.4 is 15.4 Å². The van der Waals surface area contributed by atoms with Crippen LogP contribution in [0.5, 0.6) is 5.75 Å². The van der Waals surface area contributed by atoms with E-state index in [9.17, 15) is 9.59 Å². The molecular weight excluding hydrogens is 406 g/mol. The van der Waals surface area contributed by atoms with Gasteiger partial charge in [0.15, 0.2) is 0 Å². The largest absolute Gasteiger partial charge is 0.495 e. The number of anilines is 2. The van der Waals surface area contributed by atoms with Crippen molar-refractivity contribution in [3.05, 3.63) is 71.9 Å². The maximum Gasteiger partial charge on any atom is 0.412 e. The molecule has 2 amide bonds. The van der Waals surface area contributed by atoms with Gasteiger partial charge in [0, 0.05) is 11.3 Å². The van der Waals surface area contributed by atoms with E-state index >= 15 is 0 Å². The number of nitrogens with zero attached hydrogens (tertiary/aromatic N) is 1. The molecule has 0 atom stereocenters. The molecule has 0 bridgehead atoms. The number of aromatic nitrogens is 1. The average molecular weight is 434 g/mol. The number of pyridine rings is 1. The summed E-state index contributed by atoms with van der Waals surface area (Å²) in [6.45, 7) is 7.13. The molecule has 0 radical (unpaired) electrons. The number of ether oxygens (including phenoxy) is 2. The molecule has 3 aromatic rings. The lowest BCUT2D eigenvalue weighted by atomic mass is 10.1. The van der Waals surface area contributed by atoms with Crippen LogP contribution in [0, 0.1) is 6.92 Å². The van der Waals surface area contributed by atoms with Gasteiger partial charge in [0.1, 0.15) is 11.4 Å². The van der Waals surface area contributed by atoms with Gasteiger partial charge in [0.25, 0.3) is 5.91 Å². The highest BCUT2D eigenvalue weighted by Crippen LogP contribution is 2.29. The molecule has 0 spiro atoms. The molecule has 0 fully saturated rings. The van der Waals surface area contributed by atoms with Gasteiger partial charge in [0.05, 0.1) is 29.7 Å². The van der Waals surface area contributed by atoms with Crippen molar-refractivity contribution in [2.24, 2.45) is 0 Å². The van der Waals surface area contributed by atoms with Crippen molar-refractivity contribution < 1.29 is 19.1 Å². The standard InChI is InChI=1S/C25H27N3O4/c1-16-19(12-13-20(26-16)17-9-7-6-8-10-17)23(29)27-18-11-14-22(31-5)21(15-18)28-24(30)32-25(2,3)4/h6-15H,1-5H3,(H,27,29)(H,28,30). The monoisotopic (exact) mass is 433 g/mol. The molecule has 0 aliphatic carbocycles. The number of benzene rings is 2. The molecule has 0 unspecified atom stereocenters. The Balaban J connectivity index is 1.78. The molecule has 0 aliphatic heterocycles. The summed E-state index contributed by atoms with van der Waals surface area (Å²) in [6.07, 6.45) is -0.615. The Kier molecular flexibility index (Phi) is 6.78. The van der Waals surface area contributed by atoms with E-state index in [1.54, 1.807) is 52.0 Å². The Labute approximate surface area is 187 Å². The van der Waals surface area contributed by atoms with Crippen LogP contribution >= 0.6 is 0 Å². The number of amides is 2. The number of hydrogen-bond acceptors (Lipinski definition) is 5. The third kappa shape index (κ3) is 5.85. The first-order chi connectivity index (χ1) is 15.2. The fourth-order valence-electron chi connectivity index (χ4n) is 3.07. The van der Waals surface area contributed by atoms with Crippen molar-refractivity contribution in [3.8, 4) is 17.0 Å².